The third-order valence-corrected chi connectivity index (χ3v) is 11.0. The summed E-state index contributed by atoms with van der Waals surface area (Å²) in [6.45, 7) is 7.71. The van der Waals surface area contributed by atoms with Crippen LogP contribution in [-0.2, 0) is 0 Å². The Morgan fingerprint density at radius 1 is 0.341 bits per heavy atom. The van der Waals surface area contributed by atoms with Crippen molar-refractivity contribution < 1.29 is 0 Å². The second kappa shape index (κ2) is 10.9. The van der Waals surface area contributed by atoms with Crippen molar-refractivity contribution >= 4 is 64.4 Å². The lowest BCUT2D eigenvalue weighted by Gasteiger charge is -2.06. The van der Waals surface area contributed by atoms with Crippen LogP contribution in [0, 0.1) is 0 Å². The Hall–Kier alpha value is -5.02. The van der Waals surface area contributed by atoms with Crippen LogP contribution in [0.1, 0.15) is 11.1 Å². The molecule has 0 amide bonds. The Morgan fingerprint density at radius 2 is 0.614 bits per heavy atom. The van der Waals surface area contributed by atoms with Crippen molar-refractivity contribution in [1.29, 1.82) is 0 Å². The van der Waals surface area contributed by atoms with Crippen molar-refractivity contribution in [2.75, 3.05) is 0 Å². The van der Waals surface area contributed by atoms with Gasteiger partial charge in [-0.05, 0) is 67.8 Å². The maximum absolute atomic E-state index is 3.85. The summed E-state index contributed by atoms with van der Waals surface area (Å²) in [7, 11) is 0. The molecule has 6 aromatic carbocycles. The van der Waals surface area contributed by atoms with Gasteiger partial charge in [-0.2, -0.15) is 0 Å². The molecule has 0 N–H and O–H groups in total. The first kappa shape index (κ1) is 26.6. The van der Waals surface area contributed by atoms with Crippen molar-refractivity contribution in [3.8, 4) is 44.5 Å². The molecule has 0 atom stereocenters. The first-order valence-corrected chi connectivity index (χ1v) is 16.4. The molecule has 2 heterocycles. The Balaban J connectivity index is 1.08. The number of fused-ring (bicyclic) bond motifs is 5. The fraction of sp³-hybridized carbons (Fsp3) is 0. The minimum Gasteiger partial charge on any atom is -0.134 e. The van der Waals surface area contributed by atoms with E-state index in [-0.39, 0.29) is 0 Å². The van der Waals surface area contributed by atoms with Crippen LogP contribution >= 0.6 is 22.7 Å². The average molecular weight is 597 g/mol. The van der Waals surface area contributed by atoms with Crippen LogP contribution < -0.4 is 0 Å². The molecule has 0 aliphatic rings. The van der Waals surface area contributed by atoms with Crippen LogP contribution in [0.4, 0.5) is 0 Å². The largest absolute Gasteiger partial charge is 0.134 e. The topological polar surface area (TPSA) is 0 Å². The quantitative estimate of drug-likeness (QED) is 0.179. The van der Waals surface area contributed by atoms with Gasteiger partial charge >= 0.3 is 0 Å². The van der Waals surface area contributed by atoms with Crippen LogP contribution in [-0.4, -0.2) is 0 Å². The number of hydrogen-bond acceptors (Lipinski definition) is 2. The highest BCUT2D eigenvalue weighted by Crippen LogP contribution is 2.46. The second-order valence-corrected chi connectivity index (χ2v) is 13.2. The molecule has 0 aliphatic heterocycles. The van der Waals surface area contributed by atoms with Gasteiger partial charge in [0.25, 0.3) is 0 Å². The standard InChI is InChI=1S/C42H28S2/c1-3-27-5-9-29(10-6-27)31-13-17-33(18-14-31)35-21-23-37-39(25-35)43-42-38-24-22-36(26-40(38)44-41(37)42)34-19-15-32(16-20-34)30-11-7-28(4-2)8-12-30/h3-26H,1-2H2. The molecular weight excluding hydrogens is 569 g/mol. The molecule has 0 saturated heterocycles. The van der Waals surface area contributed by atoms with E-state index in [0.29, 0.717) is 0 Å². The Bertz CT molecular complexity index is 2140. The van der Waals surface area contributed by atoms with E-state index in [0.717, 1.165) is 11.1 Å². The molecule has 0 radical (unpaired) electrons. The highest BCUT2D eigenvalue weighted by Gasteiger charge is 2.14. The van der Waals surface area contributed by atoms with Crippen LogP contribution in [0.5, 0.6) is 0 Å². The first-order valence-electron chi connectivity index (χ1n) is 14.7. The minimum absolute atomic E-state index is 1.14. The predicted molar refractivity (Wildman–Crippen MR) is 197 cm³/mol. The normalized spacial score (nSPS) is 11.4. The van der Waals surface area contributed by atoms with Crippen molar-refractivity contribution in [3.63, 3.8) is 0 Å². The van der Waals surface area contributed by atoms with Crippen molar-refractivity contribution in [1.82, 2.24) is 0 Å². The van der Waals surface area contributed by atoms with Gasteiger partial charge in [0.15, 0.2) is 0 Å². The van der Waals surface area contributed by atoms with E-state index in [2.05, 4.69) is 147 Å². The molecule has 208 valence electrons. The third-order valence-electron chi connectivity index (χ3n) is 8.48. The molecule has 2 heteroatoms. The second-order valence-electron chi connectivity index (χ2n) is 11.1. The van der Waals surface area contributed by atoms with Crippen molar-refractivity contribution in [2.45, 2.75) is 0 Å². The van der Waals surface area contributed by atoms with Crippen LogP contribution in [0.3, 0.4) is 0 Å². The fourth-order valence-corrected chi connectivity index (χ4v) is 8.68. The average Bonchev–Trinajstić information content (AvgIpc) is 3.63. The van der Waals surface area contributed by atoms with Gasteiger partial charge in [0.1, 0.15) is 0 Å². The SMILES string of the molecule is C=Cc1ccc(-c2ccc(-c3ccc4c(c3)sc3c5ccc(-c6ccc(-c7ccc(C=C)cc7)cc6)cc5sc43)cc2)cc1. The number of hydrogen-bond donors (Lipinski definition) is 0. The lowest BCUT2D eigenvalue weighted by molar-refractivity contribution is 1.59. The summed E-state index contributed by atoms with van der Waals surface area (Å²) in [4.78, 5) is 0. The third kappa shape index (κ3) is 4.69. The van der Waals surface area contributed by atoms with Gasteiger partial charge in [-0.15, -0.1) is 22.7 Å². The van der Waals surface area contributed by atoms with Gasteiger partial charge in [0.2, 0.25) is 0 Å². The van der Waals surface area contributed by atoms with E-state index < -0.39 is 0 Å². The molecule has 2 aromatic heterocycles. The highest BCUT2D eigenvalue weighted by atomic mass is 32.1. The molecule has 0 fully saturated rings. The van der Waals surface area contributed by atoms with Gasteiger partial charge in [-0.3, -0.25) is 0 Å². The smallest absolute Gasteiger partial charge is 0.0542 e. The summed E-state index contributed by atoms with van der Waals surface area (Å²) in [6, 6.07) is 48.7. The Labute approximate surface area is 265 Å². The van der Waals surface area contributed by atoms with Gasteiger partial charge in [0, 0.05) is 20.2 Å². The summed E-state index contributed by atoms with van der Waals surface area (Å²) >= 11 is 3.82. The summed E-state index contributed by atoms with van der Waals surface area (Å²) in [5.74, 6) is 0. The molecule has 0 saturated carbocycles. The maximum Gasteiger partial charge on any atom is 0.0542 e. The lowest BCUT2D eigenvalue weighted by atomic mass is 9.99. The van der Waals surface area contributed by atoms with Gasteiger partial charge < -0.3 is 0 Å². The van der Waals surface area contributed by atoms with E-state index in [1.54, 1.807) is 0 Å². The number of rotatable bonds is 6. The molecule has 8 rings (SSSR count). The van der Waals surface area contributed by atoms with Gasteiger partial charge in [0.05, 0.1) is 9.40 Å². The molecular formula is C42H28S2. The molecule has 0 spiro atoms. The van der Waals surface area contributed by atoms with Gasteiger partial charge in [-0.25, -0.2) is 0 Å². The summed E-state index contributed by atoms with van der Waals surface area (Å²) in [5, 5.41) is 2.70. The van der Waals surface area contributed by atoms with Crippen molar-refractivity contribution in [3.05, 3.63) is 158 Å². The molecule has 0 aliphatic carbocycles. The summed E-state index contributed by atoms with van der Waals surface area (Å²) < 4.78 is 5.46. The molecule has 0 nitrogen and oxygen atoms in total. The Kier molecular flexibility index (Phi) is 6.60. The maximum atomic E-state index is 3.85. The number of benzene rings is 6. The summed E-state index contributed by atoms with van der Waals surface area (Å²) in [6.07, 6.45) is 3.76. The number of thiophene rings is 2. The minimum atomic E-state index is 1.14. The van der Waals surface area contributed by atoms with E-state index in [9.17, 15) is 0 Å². The lowest BCUT2D eigenvalue weighted by Crippen LogP contribution is -1.81. The monoisotopic (exact) mass is 596 g/mol. The zero-order valence-corrected chi connectivity index (χ0v) is 25.7. The van der Waals surface area contributed by atoms with E-state index in [1.807, 2.05) is 34.8 Å². The zero-order chi connectivity index (χ0) is 29.6. The molecule has 44 heavy (non-hydrogen) atoms. The fourth-order valence-electron chi connectivity index (χ4n) is 5.95. The van der Waals surface area contributed by atoms with E-state index >= 15 is 0 Å². The van der Waals surface area contributed by atoms with Gasteiger partial charge in [-0.1, -0.05) is 147 Å². The van der Waals surface area contributed by atoms with Crippen LogP contribution in [0.2, 0.25) is 0 Å². The predicted octanol–water partition coefficient (Wildman–Crippen LogP) is 13.2. The van der Waals surface area contributed by atoms with Crippen molar-refractivity contribution in [2.24, 2.45) is 0 Å². The zero-order valence-electron chi connectivity index (χ0n) is 24.1. The molecule has 8 aromatic rings. The first-order chi connectivity index (χ1) is 21.7. The summed E-state index contributed by atoms with van der Waals surface area (Å²) in [5.41, 5.74) is 12.2. The highest BCUT2D eigenvalue weighted by molar-refractivity contribution is 7.36. The van der Waals surface area contributed by atoms with E-state index in [1.165, 1.54) is 74.1 Å². The van der Waals surface area contributed by atoms with E-state index in [4.69, 9.17) is 0 Å². The molecule has 0 bridgehead atoms. The van der Waals surface area contributed by atoms with Crippen LogP contribution in [0.25, 0.3) is 86.2 Å². The van der Waals surface area contributed by atoms with Crippen LogP contribution in [0.15, 0.2) is 147 Å². The molecule has 0 unspecified atom stereocenters. The Morgan fingerprint density at radius 3 is 0.932 bits per heavy atom.